The summed E-state index contributed by atoms with van der Waals surface area (Å²) in [7, 11) is 1.31. The highest BCUT2D eigenvalue weighted by Crippen LogP contribution is 2.08. The Morgan fingerprint density at radius 2 is 1.07 bits per heavy atom. The summed E-state index contributed by atoms with van der Waals surface area (Å²) in [5, 5.41) is 0. The van der Waals surface area contributed by atoms with Crippen molar-refractivity contribution in [2.24, 2.45) is 0 Å². The van der Waals surface area contributed by atoms with Crippen LogP contribution in [0.2, 0.25) is 0 Å². The zero-order valence-corrected chi connectivity index (χ0v) is 17.7. The summed E-state index contributed by atoms with van der Waals surface area (Å²) >= 11 is 0. The maximum Gasteiger partial charge on any atom is 0.331 e. The summed E-state index contributed by atoms with van der Waals surface area (Å²) in [6.07, 6.45) is 0.983. The minimum Gasteiger partial charge on any atom is -0.467 e. The molecule has 0 aliphatic carbocycles. The summed E-state index contributed by atoms with van der Waals surface area (Å²) < 4.78 is 36.1. The molecule has 0 aromatic carbocycles. The summed E-state index contributed by atoms with van der Waals surface area (Å²) in [5.41, 5.74) is -0.444. The van der Waals surface area contributed by atoms with Crippen molar-refractivity contribution < 1.29 is 42.7 Å². The van der Waals surface area contributed by atoms with Crippen molar-refractivity contribution in [3.05, 3.63) is 0 Å². The molecular formula is C19H36O9. The minimum atomic E-state index is -0.444. The fraction of sp³-hybridized carbons (Fsp3) is 0.895. The molecule has 0 saturated carbocycles. The van der Waals surface area contributed by atoms with E-state index in [1.54, 1.807) is 0 Å². The van der Waals surface area contributed by atoms with Crippen LogP contribution in [0.15, 0.2) is 0 Å². The quantitative estimate of drug-likeness (QED) is 0.246. The Morgan fingerprint density at radius 1 is 0.643 bits per heavy atom. The molecule has 28 heavy (non-hydrogen) atoms. The van der Waals surface area contributed by atoms with Gasteiger partial charge in [0.15, 0.2) is 0 Å². The third kappa shape index (κ3) is 21.0. The van der Waals surface area contributed by atoms with Crippen molar-refractivity contribution in [1.29, 1.82) is 0 Å². The van der Waals surface area contributed by atoms with Gasteiger partial charge in [-0.05, 0) is 27.2 Å². The summed E-state index contributed by atoms with van der Waals surface area (Å²) in [6.45, 7) is 9.50. The van der Waals surface area contributed by atoms with Crippen LogP contribution < -0.4 is 0 Å². The fourth-order valence-electron chi connectivity index (χ4n) is 1.81. The normalized spacial score (nSPS) is 11.4. The molecule has 0 N–H and O–H groups in total. The molecule has 0 amide bonds. The van der Waals surface area contributed by atoms with Gasteiger partial charge in [-0.1, -0.05) is 0 Å². The van der Waals surface area contributed by atoms with Crippen LogP contribution in [0.25, 0.3) is 0 Å². The van der Waals surface area contributed by atoms with E-state index in [1.165, 1.54) is 7.11 Å². The lowest BCUT2D eigenvalue weighted by Gasteiger charge is -2.19. The number of rotatable bonds is 18. The number of ether oxygens (including phenoxy) is 7. The SMILES string of the molecule is COC(=O)COCCOCCOCCOCCOCCCC(=O)OC(C)(C)C. The van der Waals surface area contributed by atoms with Gasteiger partial charge >= 0.3 is 11.9 Å². The van der Waals surface area contributed by atoms with E-state index in [-0.39, 0.29) is 12.6 Å². The van der Waals surface area contributed by atoms with E-state index in [9.17, 15) is 9.59 Å². The summed E-state index contributed by atoms with van der Waals surface area (Å²) in [5.74, 6) is -0.614. The van der Waals surface area contributed by atoms with E-state index in [0.717, 1.165) is 0 Å². The Labute approximate surface area is 167 Å². The molecule has 0 rings (SSSR count). The lowest BCUT2D eigenvalue weighted by Crippen LogP contribution is -2.23. The van der Waals surface area contributed by atoms with Gasteiger partial charge in [0.05, 0.1) is 60.0 Å². The van der Waals surface area contributed by atoms with Crippen LogP contribution in [-0.2, 0) is 42.7 Å². The highest BCUT2D eigenvalue weighted by Gasteiger charge is 2.15. The Balaban J connectivity index is 3.16. The van der Waals surface area contributed by atoms with Crippen molar-refractivity contribution in [2.45, 2.75) is 39.2 Å². The molecule has 0 atom stereocenters. The van der Waals surface area contributed by atoms with Gasteiger partial charge in [0.25, 0.3) is 0 Å². The number of esters is 2. The monoisotopic (exact) mass is 408 g/mol. The number of carbonyl (C=O) groups excluding carboxylic acids is 2. The molecule has 0 aromatic heterocycles. The summed E-state index contributed by atoms with van der Waals surface area (Å²) in [6, 6.07) is 0. The summed E-state index contributed by atoms with van der Waals surface area (Å²) in [4.78, 5) is 22.3. The molecule has 0 unspecified atom stereocenters. The maximum absolute atomic E-state index is 11.5. The van der Waals surface area contributed by atoms with E-state index in [0.29, 0.717) is 72.3 Å². The van der Waals surface area contributed by atoms with E-state index < -0.39 is 11.6 Å². The Kier molecular flexibility index (Phi) is 17.0. The van der Waals surface area contributed by atoms with E-state index in [1.807, 2.05) is 20.8 Å². The van der Waals surface area contributed by atoms with Crippen LogP contribution in [0.3, 0.4) is 0 Å². The number of methoxy groups -OCH3 is 1. The molecule has 0 aromatic rings. The minimum absolute atomic E-state index is 0.0683. The van der Waals surface area contributed by atoms with E-state index in [2.05, 4.69) is 4.74 Å². The molecule has 0 aliphatic heterocycles. The van der Waals surface area contributed by atoms with Crippen molar-refractivity contribution in [2.75, 3.05) is 73.2 Å². The molecule has 0 fully saturated rings. The molecule has 166 valence electrons. The molecule has 9 heteroatoms. The van der Waals surface area contributed by atoms with Gasteiger partial charge < -0.3 is 33.2 Å². The number of hydrogen-bond donors (Lipinski definition) is 0. The van der Waals surface area contributed by atoms with E-state index >= 15 is 0 Å². The lowest BCUT2D eigenvalue weighted by molar-refractivity contribution is -0.155. The van der Waals surface area contributed by atoms with Crippen LogP contribution >= 0.6 is 0 Å². The first-order chi connectivity index (χ1) is 13.3. The van der Waals surface area contributed by atoms with Crippen molar-refractivity contribution in [1.82, 2.24) is 0 Å². The lowest BCUT2D eigenvalue weighted by atomic mass is 10.2. The topological polar surface area (TPSA) is 98.8 Å². The van der Waals surface area contributed by atoms with Crippen molar-refractivity contribution >= 4 is 11.9 Å². The van der Waals surface area contributed by atoms with Gasteiger partial charge in [0.1, 0.15) is 12.2 Å². The molecule has 0 bridgehead atoms. The number of carbonyl (C=O) groups is 2. The Morgan fingerprint density at radius 3 is 1.50 bits per heavy atom. The second kappa shape index (κ2) is 17.8. The Hall–Kier alpha value is -1.26. The van der Waals surface area contributed by atoms with Crippen LogP contribution in [-0.4, -0.2) is 90.7 Å². The predicted molar refractivity (Wildman–Crippen MR) is 101 cm³/mol. The second-order valence-corrected chi connectivity index (χ2v) is 6.77. The fourth-order valence-corrected chi connectivity index (χ4v) is 1.81. The third-order valence-corrected chi connectivity index (χ3v) is 3.03. The van der Waals surface area contributed by atoms with Gasteiger partial charge in [-0.15, -0.1) is 0 Å². The van der Waals surface area contributed by atoms with Gasteiger partial charge in [0, 0.05) is 13.0 Å². The maximum atomic E-state index is 11.5. The number of hydrogen-bond acceptors (Lipinski definition) is 9. The molecule has 0 spiro atoms. The molecule has 9 nitrogen and oxygen atoms in total. The largest absolute Gasteiger partial charge is 0.467 e. The molecular weight excluding hydrogens is 372 g/mol. The van der Waals surface area contributed by atoms with Gasteiger partial charge in [0.2, 0.25) is 0 Å². The molecule has 0 radical (unpaired) electrons. The standard InChI is InChI=1S/C19H36O9/c1-19(2,3)28-17(20)6-5-7-23-8-9-24-10-11-25-12-13-26-14-15-27-16-18(21)22-4/h5-16H2,1-4H3. The molecule has 0 heterocycles. The Bertz CT molecular complexity index is 393. The average Bonchev–Trinajstić information content (AvgIpc) is 2.62. The van der Waals surface area contributed by atoms with Crippen LogP contribution in [0.1, 0.15) is 33.6 Å². The first kappa shape index (κ1) is 26.7. The van der Waals surface area contributed by atoms with Crippen LogP contribution in [0, 0.1) is 0 Å². The highest BCUT2D eigenvalue weighted by atomic mass is 16.6. The highest BCUT2D eigenvalue weighted by molar-refractivity contribution is 5.70. The smallest absolute Gasteiger partial charge is 0.331 e. The second-order valence-electron chi connectivity index (χ2n) is 6.77. The average molecular weight is 408 g/mol. The molecule has 0 saturated heterocycles. The van der Waals surface area contributed by atoms with Crippen LogP contribution in [0.4, 0.5) is 0 Å². The van der Waals surface area contributed by atoms with Gasteiger partial charge in [-0.2, -0.15) is 0 Å². The van der Waals surface area contributed by atoms with E-state index in [4.69, 9.17) is 28.4 Å². The predicted octanol–water partition coefficient (Wildman–Crippen LogP) is 1.36. The van der Waals surface area contributed by atoms with Crippen LogP contribution in [0.5, 0.6) is 0 Å². The third-order valence-electron chi connectivity index (χ3n) is 3.03. The molecule has 0 aliphatic rings. The van der Waals surface area contributed by atoms with Gasteiger partial charge in [-0.25, -0.2) is 4.79 Å². The van der Waals surface area contributed by atoms with Crippen molar-refractivity contribution in [3.63, 3.8) is 0 Å². The van der Waals surface area contributed by atoms with Gasteiger partial charge in [-0.3, -0.25) is 4.79 Å². The zero-order valence-electron chi connectivity index (χ0n) is 17.7. The first-order valence-corrected chi connectivity index (χ1v) is 9.52. The van der Waals surface area contributed by atoms with Crippen molar-refractivity contribution in [3.8, 4) is 0 Å². The zero-order chi connectivity index (χ0) is 21.1. The first-order valence-electron chi connectivity index (χ1n) is 9.52.